The van der Waals surface area contributed by atoms with E-state index in [4.69, 9.17) is 4.74 Å². The number of anilines is 2. The Morgan fingerprint density at radius 1 is 1.10 bits per heavy atom. The van der Waals surface area contributed by atoms with E-state index in [1.807, 2.05) is 24.3 Å². The van der Waals surface area contributed by atoms with Gasteiger partial charge in [-0.05, 0) is 61.9 Å². The van der Waals surface area contributed by atoms with Gasteiger partial charge in [-0.25, -0.2) is 0 Å². The largest absolute Gasteiger partial charge is 0.451 e. The van der Waals surface area contributed by atoms with Crippen molar-refractivity contribution in [3.05, 3.63) is 46.7 Å². The molecule has 2 aromatic rings. The van der Waals surface area contributed by atoms with Gasteiger partial charge in [0.05, 0.1) is 4.88 Å². The number of carbonyl (C=O) groups excluding carboxylic acids is 3. The Morgan fingerprint density at radius 3 is 2.48 bits per heavy atom. The summed E-state index contributed by atoms with van der Waals surface area (Å²) in [5.41, 5.74) is 1.79. The fraction of sp³-hybridized carbons (Fsp3) is 0.381. The standard InChI is InChI=1S/C21H25N3O4S/c1-15(28-19(25)14-22-21(27)18-6-5-13-29-18)20(26)23-16-7-9-17(10-8-16)24-11-3-2-4-12-24/h5-10,13,15H,2-4,11-12,14H2,1H3,(H,22,27)(H,23,26)/t15-/m1/s1. The zero-order valence-corrected chi connectivity index (χ0v) is 17.2. The summed E-state index contributed by atoms with van der Waals surface area (Å²) in [4.78, 5) is 38.8. The zero-order chi connectivity index (χ0) is 20.6. The minimum atomic E-state index is -0.970. The number of ether oxygens (including phenoxy) is 1. The van der Waals surface area contributed by atoms with E-state index in [0.29, 0.717) is 10.6 Å². The number of hydrogen-bond acceptors (Lipinski definition) is 6. The van der Waals surface area contributed by atoms with E-state index in [1.165, 1.54) is 37.5 Å². The smallest absolute Gasteiger partial charge is 0.326 e. The molecule has 1 saturated heterocycles. The Hall–Kier alpha value is -2.87. The normalized spacial score (nSPS) is 14.7. The highest BCUT2D eigenvalue weighted by molar-refractivity contribution is 7.12. The highest BCUT2D eigenvalue weighted by atomic mass is 32.1. The molecule has 0 bridgehead atoms. The molecule has 1 fully saturated rings. The molecule has 0 spiro atoms. The number of hydrogen-bond donors (Lipinski definition) is 2. The first-order chi connectivity index (χ1) is 14.0. The Bertz CT molecular complexity index is 830. The van der Waals surface area contributed by atoms with Gasteiger partial charge in [-0.15, -0.1) is 11.3 Å². The third-order valence-electron chi connectivity index (χ3n) is 4.67. The van der Waals surface area contributed by atoms with Crippen LogP contribution >= 0.6 is 11.3 Å². The summed E-state index contributed by atoms with van der Waals surface area (Å²) in [5.74, 6) is -1.44. The van der Waals surface area contributed by atoms with E-state index in [1.54, 1.807) is 17.5 Å². The van der Waals surface area contributed by atoms with Crippen molar-refractivity contribution in [2.24, 2.45) is 0 Å². The summed E-state index contributed by atoms with van der Waals surface area (Å²) in [5, 5.41) is 7.00. The molecule has 1 aromatic carbocycles. The lowest BCUT2D eigenvalue weighted by Gasteiger charge is -2.28. The zero-order valence-electron chi connectivity index (χ0n) is 16.3. The van der Waals surface area contributed by atoms with Gasteiger partial charge in [-0.1, -0.05) is 6.07 Å². The molecule has 0 radical (unpaired) electrons. The minimum Gasteiger partial charge on any atom is -0.451 e. The Kier molecular flexibility index (Phi) is 7.24. The molecule has 1 aliphatic rings. The molecule has 1 aromatic heterocycles. The summed E-state index contributed by atoms with van der Waals surface area (Å²) >= 11 is 1.28. The number of piperidine rings is 1. The maximum atomic E-state index is 12.3. The molecule has 2 heterocycles. The summed E-state index contributed by atoms with van der Waals surface area (Å²) in [6.45, 7) is 3.32. The molecule has 2 amide bonds. The molecule has 154 valence electrons. The summed E-state index contributed by atoms with van der Waals surface area (Å²) in [6, 6.07) is 11.1. The molecular weight excluding hydrogens is 390 g/mol. The van der Waals surface area contributed by atoms with Crippen LogP contribution in [0.15, 0.2) is 41.8 Å². The average Bonchev–Trinajstić information content (AvgIpc) is 3.28. The molecule has 7 nitrogen and oxygen atoms in total. The number of benzene rings is 1. The highest BCUT2D eigenvalue weighted by Gasteiger charge is 2.19. The second kappa shape index (κ2) is 10.1. The fourth-order valence-corrected chi connectivity index (χ4v) is 3.73. The first-order valence-electron chi connectivity index (χ1n) is 9.70. The van der Waals surface area contributed by atoms with Crippen molar-refractivity contribution in [3.8, 4) is 0 Å². The minimum absolute atomic E-state index is 0.293. The van der Waals surface area contributed by atoms with Crippen LogP contribution in [-0.4, -0.2) is 43.5 Å². The van der Waals surface area contributed by atoms with Crippen LogP contribution in [0.25, 0.3) is 0 Å². The number of carbonyl (C=O) groups is 3. The van der Waals surface area contributed by atoms with Crippen molar-refractivity contribution in [2.45, 2.75) is 32.3 Å². The lowest BCUT2D eigenvalue weighted by molar-refractivity contribution is -0.152. The number of esters is 1. The van der Waals surface area contributed by atoms with E-state index >= 15 is 0 Å². The molecule has 0 saturated carbocycles. The Morgan fingerprint density at radius 2 is 1.83 bits per heavy atom. The number of nitrogens with one attached hydrogen (secondary N) is 2. The van der Waals surface area contributed by atoms with Crippen molar-refractivity contribution < 1.29 is 19.1 Å². The van der Waals surface area contributed by atoms with Gasteiger partial charge in [-0.3, -0.25) is 14.4 Å². The Balaban J connectivity index is 1.43. The second-order valence-corrected chi connectivity index (χ2v) is 7.82. The van der Waals surface area contributed by atoms with Crippen LogP contribution in [0.5, 0.6) is 0 Å². The van der Waals surface area contributed by atoms with Crippen LogP contribution < -0.4 is 15.5 Å². The Labute approximate surface area is 174 Å². The number of thiophene rings is 1. The quantitative estimate of drug-likeness (QED) is 0.679. The topological polar surface area (TPSA) is 87.7 Å². The van der Waals surface area contributed by atoms with Crippen molar-refractivity contribution >= 4 is 40.5 Å². The first kappa shape index (κ1) is 20.9. The van der Waals surface area contributed by atoms with Gasteiger partial charge in [0.1, 0.15) is 6.54 Å². The second-order valence-electron chi connectivity index (χ2n) is 6.88. The maximum Gasteiger partial charge on any atom is 0.326 e. The van der Waals surface area contributed by atoms with Crippen LogP contribution in [0.4, 0.5) is 11.4 Å². The first-order valence-corrected chi connectivity index (χ1v) is 10.6. The van der Waals surface area contributed by atoms with E-state index in [2.05, 4.69) is 15.5 Å². The van der Waals surface area contributed by atoms with Crippen LogP contribution in [0.1, 0.15) is 35.9 Å². The van der Waals surface area contributed by atoms with Crippen molar-refractivity contribution in [3.63, 3.8) is 0 Å². The third-order valence-corrected chi connectivity index (χ3v) is 5.54. The van der Waals surface area contributed by atoms with Crippen molar-refractivity contribution in [1.29, 1.82) is 0 Å². The summed E-state index contributed by atoms with van der Waals surface area (Å²) in [7, 11) is 0. The van der Waals surface area contributed by atoms with Gasteiger partial charge in [0.15, 0.2) is 6.10 Å². The van der Waals surface area contributed by atoms with E-state index in [9.17, 15) is 14.4 Å². The highest BCUT2D eigenvalue weighted by Crippen LogP contribution is 2.22. The molecule has 0 unspecified atom stereocenters. The van der Waals surface area contributed by atoms with Crippen LogP contribution in [-0.2, 0) is 14.3 Å². The molecule has 1 aliphatic heterocycles. The fourth-order valence-electron chi connectivity index (χ4n) is 3.09. The lowest BCUT2D eigenvalue weighted by Crippen LogP contribution is -2.35. The molecule has 8 heteroatoms. The number of rotatable bonds is 7. The number of nitrogens with zero attached hydrogens (tertiary/aromatic N) is 1. The van der Waals surface area contributed by atoms with Gasteiger partial charge >= 0.3 is 5.97 Å². The average molecular weight is 416 g/mol. The van der Waals surface area contributed by atoms with Gasteiger partial charge in [0.25, 0.3) is 11.8 Å². The molecule has 0 aliphatic carbocycles. The summed E-state index contributed by atoms with van der Waals surface area (Å²) in [6.07, 6.45) is 2.71. The van der Waals surface area contributed by atoms with Crippen LogP contribution in [0.2, 0.25) is 0 Å². The van der Waals surface area contributed by atoms with E-state index < -0.39 is 18.0 Å². The molecule has 29 heavy (non-hydrogen) atoms. The molecule has 2 N–H and O–H groups in total. The van der Waals surface area contributed by atoms with Crippen molar-refractivity contribution in [2.75, 3.05) is 29.9 Å². The summed E-state index contributed by atoms with van der Waals surface area (Å²) < 4.78 is 5.10. The SMILES string of the molecule is C[C@@H](OC(=O)CNC(=O)c1cccs1)C(=O)Nc1ccc(N2CCCCC2)cc1. The van der Waals surface area contributed by atoms with Gasteiger partial charge in [0, 0.05) is 24.5 Å². The van der Waals surface area contributed by atoms with E-state index in [-0.39, 0.29) is 12.5 Å². The van der Waals surface area contributed by atoms with E-state index in [0.717, 1.165) is 18.8 Å². The number of amides is 2. The molecule has 1 atom stereocenters. The predicted molar refractivity (Wildman–Crippen MR) is 113 cm³/mol. The third kappa shape index (κ3) is 6.05. The van der Waals surface area contributed by atoms with Crippen LogP contribution in [0.3, 0.4) is 0 Å². The van der Waals surface area contributed by atoms with Crippen molar-refractivity contribution in [1.82, 2.24) is 5.32 Å². The predicted octanol–water partition coefficient (Wildman–Crippen LogP) is 3.04. The monoisotopic (exact) mass is 415 g/mol. The van der Waals surface area contributed by atoms with Gasteiger partial charge < -0.3 is 20.3 Å². The molecular formula is C21H25N3O4S. The maximum absolute atomic E-state index is 12.3. The molecule has 3 rings (SSSR count). The lowest BCUT2D eigenvalue weighted by atomic mass is 10.1. The van der Waals surface area contributed by atoms with Gasteiger partial charge in [-0.2, -0.15) is 0 Å². The van der Waals surface area contributed by atoms with Gasteiger partial charge in [0.2, 0.25) is 0 Å². The van der Waals surface area contributed by atoms with Crippen LogP contribution in [0, 0.1) is 0 Å².